The fraction of sp³-hybridized carbons (Fsp3) is 1.00. The van der Waals surface area contributed by atoms with E-state index in [1.807, 2.05) is 21.1 Å². The van der Waals surface area contributed by atoms with Gasteiger partial charge in [-0.05, 0) is 6.42 Å². The van der Waals surface area contributed by atoms with Crippen LogP contribution in [0.4, 0.5) is 0 Å². The highest BCUT2D eigenvalue weighted by Crippen LogP contribution is 2.44. The van der Waals surface area contributed by atoms with Crippen LogP contribution in [0.2, 0.25) is 0 Å². The topological polar surface area (TPSA) is 85.2 Å². The molecule has 2 N–H and O–H groups in total. The molecule has 0 aromatic heterocycles. The lowest BCUT2D eigenvalue weighted by molar-refractivity contribution is -0.870. The van der Waals surface area contributed by atoms with Gasteiger partial charge >= 0.3 is 7.82 Å². The molecule has 194 valence electrons. The summed E-state index contributed by atoms with van der Waals surface area (Å²) in [7, 11) is 1.71. The molecule has 0 radical (unpaired) electrons. The van der Waals surface area contributed by atoms with E-state index in [0.717, 1.165) is 12.8 Å². The highest BCUT2D eigenvalue weighted by molar-refractivity contribution is 7.47. The Bertz CT molecular complexity index is 458. The van der Waals surface area contributed by atoms with Gasteiger partial charge in [0, 0.05) is 6.61 Å². The highest BCUT2D eigenvalue weighted by Gasteiger charge is 2.27. The molecule has 0 heterocycles. The summed E-state index contributed by atoms with van der Waals surface area (Å²) in [5.74, 6) is 0. The molecule has 0 aliphatic carbocycles. The minimum atomic E-state index is -4.19. The van der Waals surface area contributed by atoms with Crippen molar-refractivity contribution in [3.63, 3.8) is 0 Å². The van der Waals surface area contributed by atoms with Crippen LogP contribution in [0, 0.1) is 0 Å². The molecule has 8 heteroatoms. The van der Waals surface area contributed by atoms with Gasteiger partial charge in [-0.1, -0.05) is 90.4 Å². The first-order valence-electron chi connectivity index (χ1n) is 12.8. The van der Waals surface area contributed by atoms with Crippen LogP contribution in [0.25, 0.3) is 0 Å². The molecule has 2 atom stereocenters. The van der Waals surface area contributed by atoms with Crippen LogP contribution < -0.4 is 0 Å². The summed E-state index contributed by atoms with van der Waals surface area (Å²) >= 11 is 0. The largest absolute Gasteiger partial charge is 0.472 e. The van der Waals surface area contributed by atoms with Crippen molar-refractivity contribution >= 4 is 7.82 Å². The van der Waals surface area contributed by atoms with Gasteiger partial charge in [0.05, 0.1) is 34.4 Å². The second-order valence-corrected chi connectivity index (χ2v) is 11.3. The maximum absolute atomic E-state index is 12.0. The van der Waals surface area contributed by atoms with Crippen LogP contribution in [0.5, 0.6) is 0 Å². The Morgan fingerprint density at radius 1 is 0.781 bits per heavy atom. The van der Waals surface area contributed by atoms with Gasteiger partial charge in [-0.15, -0.1) is 0 Å². The molecule has 0 spiro atoms. The summed E-state index contributed by atoms with van der Waals surface area (Å²) in [5, 5.41) is 9.37. The van der Waals surface area contributed by atoms with Gasteiger partial charge in [0.25, 0.3) is 0 Å². The molecule has 32 heavy (non-hydrogen) atoms. The van der Waals surface area contributed by atoms with E-state index in [4.69, 9.17) is 13.8 Å². The molecule has 0 saturated carbocycles. The van der Waals surface area contributed by atoms with Crippen molar-refractivity contribution in [1.29, 1.82) is 0 Å². The smallest absolute Gasteiger partial charge is 0.394 e. The van der Waals surface area contributed by atoms with Crippen molar-refractivity contribution in [2.75, 3.05) is 54.1 Å². The summed E-state index contributed by atoms with van der Waals surface area (Å²) in [6.45, 7) is 3.21. The molecule has 0 saturated heterocycles. The van der Waals surface area contributed by atoms with E-state index in [1.54, 1.807) is 0 Å². The number of ether oxygens (including phenoxy) is 1. The molecular weight excluding hydrogens is 429 g/mol. The molecule has 0 bridgehead atoms. The lowest BCUT2D eigenvalue weighted by Crippen LogP contribution is -2.37. The Morgan fingerprint density at radius 2 is 1.25 bits per heavy atom. The lowest BCUT2D eigenvalue weighted by Gasteiger charge is -2.24. The molecule has 0 aromatic rings. The molecule has 0 aliphatic heterocycles. The van der Waals surface area contributed by atoms with Crippen molar-refractivity contribution < 1.29 is 32.8 Å². The molecular formula is C24H53NO6P+. The van der Waals surface area contributed by atoms with Gasteiger partial charge in [0.15, 0.2) is 0 Å². The molecule has 1 unspecified atom stereocenters. The number of likely N-dealkylation sites (N-methyl/N-ethyl adjacent to an activating group) is 1. The third-order valence-corrected chi connectivity index (χ3v) is 6.52. The van der Waals surface area contributed by atoms with E-state index < -0.39 is 13.9 Å². The zero-order chi connectivity index (χ0) is 24.1. The summed E-state index contributed by atoms with van der Waals surface area (Å²) < 4.78 is 28.1. The van der Waals surface area contributed by atoms with E-state index in [1.165, 1.54) is 77.0 Å². The molecule has 0 amide bonds. The summed E-state index contributed by atoms with van der Waals surface area (Å²) in [6, 6.07) is 0. The van der Waals surface area contributed by atoms with Crippen LogP contribution in [-0.2, 0) is 18.3 Å². The van der Waals surface area contributed by atoms with Gasteiger partial charge in [0.1, 0.15) is 19.3 Å². The number of nitrogens with zero attached hydrogens (tertiary/aromatic N) is 1. The van der Waals surface area contributed by atoms with E-state index in [-0.39, 0.29) is 19.8 Å². The Kier molecular flexibility index (Phi) is 20.4. The normalized spacial score (nSPS) is 15.1. The number of aliphatic hydroxyl groups is 1. The first-order valence-corrected chi connectivity index (χ1v) is 14.3. The Labute approximate surface area is 198 Å². The molecule has 0 aliphatic rings. The molecule has 0 fully saturated rings. The van der Waals surface area contributed by atoms with Gasteiger partial charge < -0.3 is 19.2 Å². The van der Waals surface area contributed by atoms with Crippen molar-refractivity contribution in [2.45, 2.75) is 103 Å². The third kappa shape index (κ3) is 23.2. The van der Waals surface area contributed by atoms with E-state index in [2.05, 4.69) is 6.92 Å². The number of phosphoric acid groups is 1. The zero-order valence-corrected chi connectivity index (χ0v) is 22.3. The van der Waals surface area contributed by atoms with Crippen LogP contribution in [-0.4, -0.2) is 74.7 Å². The number of hydrogen-bond donors (Lipinski definition) is 2. The maximum Gasteiger partial charge on any atom is 0.472 e. The summed E-state index contributed by atoms with van der Waals surface area (Å²) in [6.07, 6.45) is 17.4. The van der Waals surface area contributed by atoms with E-state index in [0.29, 0.717) is 17.6 Å². The number of unbranched alkanes of at least 4 members (excludes halogenated alkanes) is 13. The molecule has 0 rings (SSSR count). The van der Waals surface area contributed by atoms with E-state index in [9.17, 15) is 14.6 Å². The van der Waals surface area contributed by atoms with Gasteiger partial charge in [0.2, 0.25) is 0 Å². The quantitative estimate of drug-likeness (QED) is 0.105. The average molecular weight is 483 g/mol. The monoisotopic (exact) mass is 482 g/mol. The average Bonchev–Trinajstić information content (AvgIpc) is 2.71. The Morgan fingerprint density at radius 3 is 1.69 bits per heavy atom. The standard InChI is InChI=1S/C24H52NO6P/c1-5-6-7-8-9-10-11-12-13-14-15-16-17-18-20-29-23-24(22-26)31-32(27,28)30-21-19-25(2,3)4/h24,26H,5-23H2,1-4H3/p+1/t24-/m0/s1. The SMILES string of the molecule is CCCCCCCCCCCCCCCCOC[C@H](CO)OP(=O)(O)OCC[N+](C)(C)C. The number of rotatable bonds is 24. The molecule has 7 nitrogen and oxygen atoms in total. The second-order valence-electron chi connectivity index (χ2n) is 9.90. The minimum Gasteiger partial charge on any atom is -0.394 e. The predicted octanol–water partition coefficient (Wildman–Crippen LogP) is 5.69. The number of hydrogen-bond acceptors (Lipinski definition) is 5. The lowest BCUT2D eigenvalue weighted by atomic mass is 10.0. The van der Waals surface area contributed by atoms with Gasteiger partial charge in [-0.2, -0.15) is 0 Å². The van der Waals surface area contributed by atoms with Crippen molar-refractivity contribution in [3.8, 4) is 0 Å². The number of aliphatic hydroxyl groups excluding tert-OH is 1. The fourth-order valence-corrected chi connectivity index (χ4v) is 4.26. The zero-order valence-electron chi connectivity index (χ0n) is 21.4. The van der Waals surface area contributed by atoms with Crippen LogP contribution in [0.1, 0.15) is 96.8 Å². The van der Waals surface area contributed by atoms with Crippen molar-refractivity contribution in [1.82, 2.24) is 0 Å². The van der Waals surface area contributed by atoms with Gasteiger partial charge in [-0.3, -0.25) is 9.05 Å². The van der Waals surface area contributed by atoms with Crippen LogP contribution in [0.15, 0.2) is 0 Å². The maximum atomic E-state index is 12.0. The molecule has 0 aromatic carbocycles. The second kappa shape index (κ2) is 20.4. The summed E-state index contributed by atoms with van der Waals surface area (Å²) in [5.41, 5.74) is 0. The third-order valence-electron chi connectivity index (χ3n) is 5.45. The van der Waals surface area contributed by atoms with Gasteiger partial charge in [-0.25, -0.2) is 4.57 Å². The highest BCUT2D eigenvalue weighted by atomic mass is 31.2. The number of quaternary nitrogens is 1. The first kappa shape index (κ1) is 32.0. The minimum absolute atomic E-state index is 0.0815. The number of phosphoric ester groups is 1. The fourth-order valence-electron chi connectivity index (χ4n) is 3.38. The van der Waals surface area contributed by atoms with Crippen molar-refractivity contribution in [3.05, 3.63) is 0 Å². The van der Waals surface area contributed by atoms with Crippen molar-refractivity contribution in [2.24, 2.45) is 0 Å². The Balaban J connectivity index is 3.55. The summed E-state index contributed by atoms with van der Waals surface area (Å²) in [4.78, 5) is 9.79. The first-order chi connectivity index (χ1) is 15.2. The predicted molar refractivity (Wildman–Crippen MR) is 132 cm³/mol. The van der Waals surface area contributed by atoms with E-state index >= 15 is 0 Å². The Hall–Kier alpha value is -0.0100. The van der Waals surface area contributed by atoms with Crippen LogP contribution in [0.3, 0.4) is 0 Å². The van der Waals surface area contributed by atoms with Crippen LogP contribution >= 0.6 is 7.82 Å².